The molecule has 0 saturated heterocycles. The summed E-state index contributed by atoms with van der Waals surface area (Å²) in [5.74, 6) is 0.290. The quantitative estimate of drug-likeness (QED) is 0.769. The van der Waals surface area contributed by atoms with Crippen molar-refractivity contribution >= 4 is 17.5 Å². The lowest BCUT2D eigenvalue weighted by Gasteiger charge is -2.23. The highest BCUT2D eigenvalue weighted by Crippen LogP contribution is 2.20. The Morgan fingerprint density at radius 3 is 2.81 bits per heavy atom. The van der Waals surface area contributed by atoms with Gasteiger partial charge in [0.15, 0.2) is 6.61 Å². The highest BCUT2D eigenvalue weighted by atomic mass is 35.5. The number of carbonyl (C=O) groups is 1. The summed E-state index contributed by atoms with van der Waals surface area (Å²) in [7, 11) is 1.57. The maximum absolute atomic E-state index is 11.7. The molecule has 0 aliphatic rings. The number of benzene rings is 1. The second-order valence-electron chi connectivity index (χ2n) is 5.22. The molecule has 1 rings (SSSR count). The van der Waals surface area contributed by atoms with Gasteiger partial charge in [-0.25, -0.2) is 0 Å². The van der Waals surface area contributed by atoms with E-state index in [1.807, 2.05) is 6.92 Å². The van der Waals surface area contributed by atoms with Gasteiger partial charge in [0.05, 0.1) is 5.60 Å². The molecule has 0 radical (unpaired) electrons. The standard InChI is InChI=1S/C15H22ClNO4/c1-11-8-12(4-5-13(11)16)21-9-14(18)17-10-15(2,19)6-7-20-3/h4-5,8,19H,6-7,9-10H2,1-3H3,(H,17,18). The van der Waals surface area contributed by atoms with E-state index in [2.05, 4.69) is 5.32 Å². The second-order valence-corrected chi connectivity index (χ2v) is 5.62. The fraction of sp³-hybridized carbons (Fsp3) is 0.533. The molecular weight excluding hydrogens is 294 g/mol. The Hall–Kier alpha value is -1.30. The molecule has 0 heterocycles. The van der Waals surface area contributed by atoms with Crippen LogP contribution in [0.4, 0.5) is 0 Å². The topological polar surface area (TPSA) is 67.8 Å². The van der Waals surface area contributed by atoms with E-state index in [-0.39, 0.29) is 19.1 Å². The third-order valence-electron chi connectivity index (χ3n) is 3.01. The van der Waals surface area contributed by atoms with Crippen LogP contribution in [0.3, 0.4) is 0 Å². The van der Waals surface area contributed by atoms with Crippen LogP contribution in [-0.4, -0.2) is 43.5 Å². The smallest absolute Gasteiger partial charge is 0.258 e. The fourth-order valence-electron chi connectivity index (χ4n) is 1.61. The van der Waals surface area contributed by atoms with Crippen LogP contribution in [0, 0.1) is 6.92 Å². The number of hydrogen-bond acceptors (Lipinski definition) is 4. The molecule has 5 nitrogen and oxygen atoms in total. The molecule has 0 fully saturated rings. The van der Waals surface area contributed by atoms with E-state index >= 15 is 0 Å². The molecule has 0 spiro atoms. The average molecular weight is 316 g/mol. The summed E-state index contributed by atoms with van der Waals surface area (Å²) in [6.45, 7) is 3.99. The lowest BCUT2D eigenvalue weighted by atomic mass is 10.0. The van der Waals surface area contributed by atoms with Crippen molar-refractivity contribution < 1.29 is 19.4 Å². The highest BCUT2D eigenvalue weighted by molar-refractivity contribution is 6.31. The molecular formula is C15H22ClNO4. The molecule has 1 aromatic carbocycles. The van der Waals surface area contributed by atoms with E-state index in [0.717, 1.165) is 5.56 Å². The number of carbonyl (C=O) groups excluding carboxylic acids is 1. The molecule has 118 valence electrons. The third-order valence-corrected chi connectivity index (χ3v) is 3.43. The SMILES string of the molecule is COCCC(C)(O)CNC(=O)COc1ccc(Cl)c(C)c1. The lowest BCUT2D eigenvalue weighted by molar-refractivity contribution is -0.124. The normalized spacial score (nSPS) is 13.6. The molecule has 0 bridgehead atoms. The van der Waals surface area contributed by atoms with E-state index in [0.29, 0.717) is 23.8 Å². The monoisotopic (exact) mass is 315 g/mol. The summed E-state index contributed by atoms with van der Waals surface area (Å²) in [5, 5.41) is 13.3. The number of methoxy groups -OCH3 is 1. The molecule has 1 atom stereocenters. The minimum absolute atomic E-state index is 0.110. The maximum atomic E-state index is 11.7. The number of amides is 1. The van der Waals surface area contributed by atoms with Gasteiger partial charge in [-0.1, -0.05) is 11.6 Å². The molecule has 0 aliphatic heterocycles. The zero-order chi connectivity index (χ0) is 15.9. The summed E-state index contributed by atoms with van der Waals surface area (Å²) in [6.07, 6.45) is 0.445. The van der Waals surface area contributed by atoms with Crippen LogP contribution in [0.25, 0.3) is 0 Å². The van der Waals surface area contributed by atoms with Gasteiger partial charge in [0, 0.05) is 31.7 Å². The van der Waals surface area contributed by atoms with Gasteiger partial charge >= 0.3 is 0 Å². The Balaban J connectivity index is 2.35. The Kier molecular flexibility index (Phi) is 6.95. The van der Waals surface area contributed by atoms with E-state index in [1.165, 1.54) is 0 Å². The van der Waals surface area contributed by atoms with Gasteiger partial charge < -0.3 is 19.9 Å². The third kappa shape index (κ3) is 6.80. The van der Waals surface area contributed by atoms with Gasteiger partial charge in [0.2, 0.25) is 0 Å². The first-order valence-corrected chi connectivity index (χ1v) is 7.09. The molecule has 0 aromatic heterocycles. The average Bonchev–Trinajstić information content (AvgIpc) is 2.44. The zero-order valence-corrected chi connectivity index (χ0v) is 13.4. The van der Waals surface area contributed by atoms with Crippen molar-refractivity contribution in [2.45, 2.75) is 25.9 Å². The zero-order valence-electron chi connectivity index (χ0n) is 12.6. The molecule has 1 amide bonds. The van der Waals surface area contributed by atoms with Crippen molar-refractivity contribution in [1.29, 1.82) is 0 Å². The van der Waals surface area contributed by atoms with Crippen molar-refractivity contribution in [2.24, 2.45) is 0 Å². The predicted molar refractivity (Wildman–Crippen MR) is 81.8 cm³/mol. The Labute approximate surface area is 130 Å². The predicted octanol–water partition coefficient (Wildman–Crippen LogP) is 1.93. The summed E-state index contributed by atoms with van der Waals surface area (Å²) in [6, 6.07) is 5.20. The number of ether oxygens (including phenoxy) is 2. The van der Waals surface area contributed by atoms with E-state index in [1.54, 1.807) is 32.2 Å². The van der Waals surface area contributed by atoms with Crippen LogP contribution in [0.15, 0.2) is 18.2 Å². The Morgan fingerprint density at radius 2 is 2.19 bits per heavy atom. The number of nitrogens with one attached hydrogen (secondary N) is 1. The maximum Gasteiger partial charge on any atom is 0.258 e. The summed E-state index contributed by atoms with van der Waals surface area (Å²) >= 11 is 5.91. The van der Waals surface area contributed by atoms with Gasteiger partial charge in [0.1, 0.15) is 5.75 Å². The van der Waals surface area contributed by atoms with Crippen LogP contribution < -0.4 is 10.1 Å². The molecule has 0 saturated carbocycles. The van der Waals surface area contributed by atoms with E-state index in [4.69, 9.17) is 21.1 Å². The molecule has 1 aromatic rings. The van der Waals surface area contributed by atoms with E-state index in [9.17, 15) is 9.90 Å². The largest absolute Gasteiger partial charge is 0.484 e. The highest BCUT2D eigenvalue weighted by Gasteiger charge is 2.20. The number of halogens is 1. The van der Waals surface area contributed by atoms with Crippen molar-refractivity contribution in [3.63, 3.8) is 0 Å². The summed E-state index contributed by atoms with van der Waals surface area (Å²) in [5.41, 5.74) is -0.111. The number of hydrogen-bond donors (Lipinski definition) is 2. The van der Waals surface area contributed by atoms with Crippen LogP contribution in [0.2, 0.25) is 5.02 Å². The van der Waals surface area contributed by atoms with Gasteiger partial charge in [-0.05, 0) is 37.6 Å². The van der Waals surface area contributed by atoms with Crippen molar-refractivity contribution in [2.75, 3.05) is 26.9 Å². The van der Waals surface area contributed by atoms with Crippen LogP contribution >= 0.6 is 11.6 Å². The first kappa shape index (κ1) is 17.8. The first-order chi connectivity index (χ1) is 9.84. The van der Waals surface area contributed by atoms with Crippen LogP contribution in [0.5, 0.6) is 5.75 Å². The van der Waals surface area contributed by atoms with Gasteiger partial charge in [-0.2, -0.15) is 0 Å². The molecule has 21 heavy (non-hydrogen) atoms. The Morgan fingerprint density at radius 1 is 1.48 bits per heavy atom. The number of aliphatic hydroxyl groups is 1. The van der Waals surface area contributed by atoms with E-state index < -0.39 is 5.60 Å². The Bertz CT molecular complexity index is 477. The first-order valence-electron chi connectivity index (χ1n) is 6.71. The molecule has 0 aliphatic carbocycles. The van der Waals surface area contributed by atoms with Crippen molar-refractivity contribution in [3.05, 3.63) is 28.8 Å². The summed E-state index contributed by atoms with van der Waals surface area (Å²) < 4.78 is 10.3. The summed E-state index contributed by atoms with van der Waals surface area (Å²) in [4.78, 5) is 11.7. The van der Waals surface area contributed by atoms with Crippen molar-refractivity contribution in [3.8, 4) is 5.75 Å². The number of aryl methyl sites for hydroxylation is 1. The second kappa shape index (κ2) is 8.22. The lowest BCUT2D eigenvalue weighted by Crippen LogP contribution is -2.42. The van der Waals surface area contributed by atoms with Gasteiger partial charge in [-0.3, -0.25) is 4.79 Å². The molecule has 2 N–H and O–H groups in total. The van der Waals surface area contributed by atoms with Crippen LogP contribution in [0.1, 0.15) is 18.9 Å². The minimum atomic E-state index is -0.997. The molecule has 1 unspecified atom stereocenters. The fourth-order valence-corrected chi connectivity index (χ4v) is 1.72. The molecule has 6 heteroatoms. The van der Waals surface area contributed by atoms with Gasteiger partial charge in [-0.15, -0.1) is 0 Å². The van der Waals surface area contributed by atoms with Gasteiger partial charge in [0.25, 0.3) is 5.91 Å². The van der Waals surface area contributed by atoms with Crippen molar-refractivity contribution in [1.82, 2.24) is 5.32 Å². The number of rotatable bonds is 8. The minimum Gasteiger partial charge on any atom is -0.484 e. The van der Waals surface area contributed by atoms with Crippen LogP contribution in [-0.2, 0) is 9.53 Å².